The highest BCUT2D eigenvalue weighted by atomic mass is 16.5. The number of nitrogens with one attached hydrogen (secondary N) is 1. The summed E-state index contributed by atoms with van der Waals surface area (Å²) in [5, 5.41) is 12.1. The number of hydrogen-bond donors (Lipinski definition) is 2. The lowest BCUT2D eigenvalue weighted by atomic mass is 9.77. The van der Waals surface area contributed by atoms with Gasteiger partial charge in [-0.15, -0.1) is 0 Å². The minimum atomic E-state index is -0.981. The third-order valence-electron chi connectivity index (χ3n) is 7.46. The molecule has 2 aliphatic heterocycles. The Morgan fingerprint density at radius 2 is 1.65 bits per heavy atom. The Balaban J connectivity index is 1.23. The Morgan fingerprint density at radius 1 is 1.06 bits per heavy atom. The van der Waals surface area contributed by atoms with Crippen LogP contribution in [0.4, 0.5) is 4.79 Å². The van der Waals surface area contributed by atoms with Crippen LogP contribution in [0, 0.1) is 10.8 Å². The molecule has 8 nitrogen and oxygen atoms in total. The van der Waals surface area contributed by atoms with Crippen molar-refractivity contribution in [3.8, 4) is 11.1 Å². The highest BCUT2D eigenvalue weighted by molar-refractivity contribution is 5.88. The molecule has 2 fully saturated rings. The largest absolute Gasteiger partial charge is 0.481 e. The Bertz CT molecular complexity index is 1110. The second-order valence-electron chi connectivity index (χ2n) is 9.98. The van der Waals surface area contributed by atoms with Gasteiger partial charge < -0.3 is 24.8 Å². The van der Waals surface area contributed by atoms with Gasteiger partial charge in [0.15, 0.2) is 0 Å². The Hall–Kier alpha value is -3.39. The number of likely N-dealkylation sites (tertiary alicyclic amines) is 1. The van der Waals surface area contributed by atoms with Crippen LogP contribution in [0.25, 0.3) is 11.1 Å². The summed E-state index contributed by atoms with van der Waals surface area (Å²) in [4.78, 5) is 38.8. The van der Waals surface area contributed by atoms with Gasteiger partial charge in [0.05, 0.1) is 30.1 Å². The van der Waals surface area contributed by atoms with E-state index in [4.69, 9.17) is 9.47 Å². The van der Waals surface area contributed by atoms with Crippen LogP contribution in [0.3, 0.4) is 0 Å². The fourth-order valence-corrected chi connectivity index (χ4v) is 5.30. The molecule has 5 rings (SSSR count). The molecule has 2 saturated heterocycles. The van der Waals surface area contributed by atoms with Crippen LogP contribution in [0.2, 0.25) is 0 Å². The van der Waals surface area contributed by atoms with Crippen molar-refractivity contribution < 1.29 is 29.0 Å². The van der Waals surface area contributed by atoms with Gasteiger partial charge in [-0.05, 0) is 36.1 Å². The van der Waals surface area contributed by atoms with Crippen molar-refractivity contribution in [3.63, 3.8) is 0 Å². The maximum atomic E-state index is 13.2. The number of alkyl carbamates (subject to hydrolysis) is 1. The molecular weight excluding hydrogens is 436 g/mol. The molecule has 34 heavy (non-hydrogen) atoms. The number of carbonyl (C=O) groups excluding carboxylic acids is 2. The van der Waals surface area contributed by atoms with E-state index in [1.807, 2.05) is 24.3 Å². The summed E-state index contributed by atoms with van der Waals surface area (Å²) >= 11 is 0. The van der Waals surface area contributed by atoms with Gasteiger partial charge in [-0.3, -0.25) is 9.59 Å². The molecule has 178 valence electrons. The van der Waals surface area contributed by atoms with E-state index in [2.05, 4.69) is 29.6 Å². The fourth-order valence-electron chi connectivity index (χ4n) is 5.30. The average Bonchev–Trinajstić information content (AvgIpc) is 3.33. The SMILES string of the molecule is CC1(C(=O)O)CN(C(=O)C2(C)COCC2NC(=O)OCC2c3ccccc3-c3ccccc32)C1. The number of fused-ring (bicyclic) bond motifs is 3. The molecule has 1 aliphatic carbocycles. The van der Waals surface area contributed by atoms with Crippen molar-refractivity contribution in [2.24, 2.45) is 10.8 Å². The molecule has 2 atom stereocenters. The van der Waals surface area contributed by atoms with Crippen LogP contribution in [0.1, 0.15) is 30.9 Å². The lowest BCUT2D eigenvalue weighted by Gasteiger charge is -2.48. The molecule has 8 heteroatoms. The molecule has 3 aliphatic rings. The Kier molecular flexibility index (Phi) is 5.36. The quantitative estimate of drug-likeness (QED) is 0.705. The van der Waals surface area contributed by atoms with E-state index in [1.165, 1.54) is 4.90 Å². The zero-order valence-corrected chi connectivity index (χ0v) is 19.2. The van der Waals surface area contributed by atoms with Gasteiger partial charge >= 0.3 is 12.1 Å². The summed E-state index contributed by atoms with van der Waals surface area (Å²) in [6.45, 7) is 4.19. The highest BCUT2D eigenvalue weighted by Gasteiger charge is 2.55. The molecule has 2 aromatic carbocycles. The second-order valence-corrected chi connectivity index (χ2v) is 9.98. The lowest BCUT2D eigenvalue weighted by Crippen LogP contribution is -2.65. The highest BCUT2D eigenvalue weighted by Crippen LogP contribution is 2.44. The summed E-state index contributed by atoms with van der Waals surface area (Å²) in [5.41, 5.74) is 2.64. The van der Waals surface area contributed by atoms with Crippen molar-refractivity contribution in [3.05, 3.63) is 59.7 Å². The van der Waals surface area contributed by atoms with Crippen LogP contribution in [-0.2, 0) is 19.1 Å². The first-order chi connectivity index (χ1) is 16.2. The second kappa shape index (κ2) is 8.13. The predicted molar refractivity (Wildman–Crippen MR) is 123 cm³/mol. The van der Waals surface area contributed by atoms with E-state index in [0.717, 1.165) is 22.3 Å². The van der Waals surface area contributed by atoms with Gasteiger partial charge in [-0.2, -0.15) is 0 Å². The third kappa shape index (κ3) is 3.53. The summed E-state index contributed by atoms with van der Waals surface area (Å²) in [6.07, 6.45) is -0.602. The summed E-state index contributed by atoms with van der Waals surface area (Å²) in [7, 11) is 0. The maximum absolute atomic E-state index is 13.2. The van der Waals surface area contributed by atoms with Gasteiger partial charge in [0.25, 0.3) is 0 Å². The molecule has 0 radical (unpaired) electrons. The van der Waals surface area contributed by atoms with Gasteiger partial charge in [0.2, 0.25) is 5.91 Å². The number of carboxylic acid groups (broad SMARTS) is 1. The zero-order valence-electron chi connectivity index (χ0n) is 19.2. The fraction of sp³-hybridized carbons (Fsp3) is 0.423. The summed E-state index contributed by atoms with van der Waals surface area (Å²) in [6, 6.07) is 15.7. The van der Waals surface area contributed by atoms with Crippen LogP contribution in [0.5, 0.6) is 0 Å². The molecule has 2 amide bonds. The molecule has 2 aromatic rings. The van der Waals surface area contributed by atoms with Gasteiger partial charge in [-0.1, -0.05) is 48.5 Å². The number of amides is 2. The minimum Gasteiger partial charge on any atom is -0.481 e. The molecule has 2 N–H and O–H groups in total. The smallest absolute Gasteiger partial charge is 0.407 e. The first-order valence-electron chi connectivity index (χ1n) is 11.4. The van der Waals surface area contributed by atoms with Crippen LogP contribution in [-0.4, -0.2) is 66.9 Å². The molecule has 2 heterocycles. The van der Waals surface area contributed by atoms with E-state index in [-0.39, 0.29) is 44.7 Å². The third-order valence-corrected chi connectivity index (χ3v) is 7.46. The number of hydrogen-bond acceptors (Lipinski definition) is 5. The number of benzene rings is 2. The maximum Gasteiger partial charge on any atom is 0.407 e. The molecule has 0 bridgehead atoms. The lowest BCUT2D eigenvalue weighted by molar-refractivity contribution is -0.168. The van der Waals surface area contributed by atoms with E-state index in [9.17, 15) is 19.5 Å². The molecule has 2 unspecified atom stereocenters. The number of aliphatic carboxylic acids is 1. The van der Waals surface area contributed by atoms with E-state index < -0.39 is 28.9 Å². The first-order valence-corrected chi connectivity index (χ1v) is 11.4. The average molecular weight is 465 g/mol. The number of rotatable bonds is 5. The molecule has 0 saturated carbocycles. The first kappa shape index (κ1) is 22.4. The number of nitrogens with zero attached hydrogens (tertiary/aromatic N) is 1. The zero-order chi connectivity index (χ0) is 24.1. The van der Waals surface area contributed by atoms with Crippen molar-refractivity contribution in [2.75, 3.05) is 32.9 Å². The van der Waals surface area contributed by atoms with Gasteiger partial charge in [0, 0.05) is 19.0 Å². The number of ether oxygens (including phenoxy) is 2. The van der Waals surface area contributed by atoms with Crippen LogP contribution >= 0.6 is 0 Å². The number of carboxylic acids is 1. The molecule has 0 spiro atoms. The van der Waals surface area contributed by atoms with Crippen molar-refractivity contribution in [2.45, 2.75) is 25.8 Å². The Labute approximate surface area is 197 Å². The summed E-state index contributed by atoms with van der Waals surface area (Å²) in [5.74, 6) is -1.19. The van der Waals surface area contributed by atoms with E-state index in [0.29, 0.717) is 0 Å². The standard InChI is InChI=1S/C26H28N2O6/c1-25(23(30)31)13-28(14-25)22(29)26(2)15-33-12-21(26)27-24(32)34-11-20-18-9-5-3-7-16(18)17-8-4-6-10-19(17)20/h3-10,20-21H,11-15H2,1-2H3,(H,27,32)(H,30,31). The van der Waals surface area contributed by atoms with Crippen LogP contribution in [0.15, 0.2) is 48.5 Å². The monoisotopic (exact) mass is 464 g/mol. The van der Waals surface area contributed by atoms with Crippen molar-refractivity contribution in [1.29, 1.82) is 0 Å². The number of carbonyl (C=O) groups is 3. The normalized spacial score (nSPS) is 24.6. The minimum absolute atomic E-state index is 0.0548. The van der Waals surface area contributed by atoms with Gasteiger partial charge in [0.1, 0.15) is 6.61 Å². The van der Waals surface area contributed by atoms with E-state index in [1.54, 1.807) is 13.8 Å². The topological polar surface area (TPSA) is 105 Å². The molecular formula is C26H28N2O6. The van der Waals surface area contributed by atoms with Crippen LogP contribution < -0.4 is 5.32 Å². The van der Waals surface area contributed by atoms with E-state index >= 15 is 0 Å². The summed E-state index contributed by atoms with van der Waals surface area (Å²) < 4.78 is 11.2. The van der Waals surface area contributed by atoms with Crippen molar-refractivity contribution >= 4 is 18.0 Å². The predicted octanol–water partition coefficient (Wildman–Crippen LogP) is 2.86. The Morgan fingerprint density at radius 3 is 2.24 bits per heavy atom. The van der Waals surface area contributed by atoms with Crippen molar-refractivity contribution in [1.82, 2.24) is 10.2 Å². The van der Waals surface area contributed by atoms with Gasteiger partial charge in [-0.25, -0.2) is 4.79 Å². The molecule has 0 aromatic heterocycles.